The van der Waals surface area contributed by atoms with Gasteiger partial charge in [-0.3, -0.25) is 0 Å². The molecule has 0 unspecified atom stereocenters. The van der Waals surface area contributed by atoms with Gasteiger partial charge in [-0.1, -0.05) is 6.07 Å². The first-order valence-electron chi connectivity index (χ1n) is 8.85. The largest absolute Gasteiger partial charge is 0.497 e. The molecule has 3 aromatic rings. The van der Waals surface area contributed by atoms with E-state index in [-0.39, 0.29) is 35.1 Å². The molecular weight excluding hydrogens is 380 g/mol. The molecule has 0 saturated carbocycles. The Balaban J connectivity index is 2.13. The number of nitrogens with zero attached hydrogens (tertiary/aromatic N) is 2. The van der Waals surface area contributed by atoms with E-state index in [9.17, 15) is 13.6 Å². The second-order valence-electron chi connectivity index (χ2n) is 6.03. The zero-order valence-corrected chi connectivity index (χ0v) is 16.1. The molecule has 0 aliphatic rings. The Morgan fingerprint density at radius 1 is 1.07 bits per heavy atom. The van der Waals surface area contributed by atoms with Crippen molar-refractivity contribution in [3.8, 4) is 17.1 Å². The Hall–Kier alpha value is -3.55. The van der Waals surface area contributed by atoms with Crippen LogP contribution < -0.4 is 10.1 Å². The number of halogens is 2. The van der Waals surface area contributed by atoms with Crippen molar-refractivity contribution in [2.24, 2.45) is 0 Å². The number of benzene rings is 2. The second kappa shape index (κ2) is 8.64. The smallest absolute Gasteiger partial charge is 0.343 e. The zero-order valence-electron chi connectivity index (χ0n) is 16.1. The SMILES string of the molecule is CCOC(=O)c1c(C)nc(-c2c(F)cccc2F)nc1Nc1ccc(OC)cc1. The summed E-state index contributed by atoms with van der Waals surface area (Å²) in [7, 11) is 1.55. The minimum atomic E-state index is -0.802. The minimum absolute atomic E-state index is 0.0822. The summed E-state index contributed by atoms with van der Waals surface area (Å²) in [5.74, 6) is -1.69. The Labute approximate surface area is 166 Å². The summed E-state index contributed by atoms with van der Waals surface area (Å²) in [6, 6.07) is 10.4. The fourth-order valence-corrected chi connectivity index (χ4v) is 2.75. The maximum absolute atomic E-state index is 14.2. The van der Waals surface area contributed by atoms with Gasteiger partial charge >= 0.3 is 5.97 Å². The number of aryl methyl sites for hydroxylation is 1. The zero-order chi connectivity index (χ0) is 21.0. The number of rotatable bonds is 6. The van der Waals surface area contributed by atoms with Crippen LogP contribution >= 0.6 is 0 Å². The van der Waals surface area contributed by atoms with Crippen LogP contribution in [0.5, 0.6) is 5.75 Å². The number of hydrogen-bond acceptors (Lipinski definition) is 6. The van der Waals surface area contributed by atoms with E-state index < -0.39 is 17.6 Å². The molecule has 1 heterocycles. The fraction of sp³-hybridized carbons (Fsp3) is 0.190. The summed E-state index contributed by atoms with van der Waals surface area (Å²) < 4.78 is 38.7. The van der Waals surface area contributed by atoms with Crippen molar-refractivity contribution >= 4 is 17.5 Å². The standard InChI is InChI=1S/C21H19F2N3O3/c1-4-29-21(27)17-12(2)24-20(18-15(22)6-5-7-16(18)23)26-19(17)25-13-8-10-14(28-3)11-9-13/h5-11H,4H2,1-3H3,(H,24,25,26). The van der Waals surface area contributed by atoms with Gasteiger partial charge in [0, 0.05) is 5.69 Å². The van der Waals surface area contributed by atoms with E-state index in [0.717, 1.165) is 12.1 Å². The number of carbonyl (C=O) groups excluding carboxylic acids is 1. The number of aromatic nitrogens is 2. The van der Waals surface area contributed by atoms with Gasteiger partial charge in [-0.05, 0) is 50.2 Å². The van der Waals surface area contributed by atoms with Gasteiger partial charge in [-0.2, -0.15) is 0 Å². The average molecular weight is 399 g/mol. The molecular formula is C21H19F2N3O3. The highest BCUT2D eigenvalue weighted by atomic mass is 19.1. The maximum Gasteiger partial charge on any atom is 0.343 e. The summed E-state index contributed by atoms with van der Waals surface area (Å²) >= 11 is 0. The van der Waals surface area contributed by atoms with Gasteiger partial charge in [-0.25, -0.2) is 23.5 Å². The third kappa shape index (κ3) is 4.31. The lowest BCUT2D eigenvalue weighted by atomic mass is 10.1. The molecule has 150 valence electrons. The third-order valence-electron chi connectivity index (χ3n) is 4.11. The Kier molecular flexibility index (Phi) is 6.01. The fourth-order valence-electron chi connectivity index (χ4n) is 2.75. The molecule has 0 fully saturated rings. The number of anilines is 2. The van der Waals surface area contributed by atoms with Crippen molar-refractivity contribution < 1.29 is 23.0 Å². The second-order valence-corrected chi connectivity index (χ2v) is 6.03. The first kappa shape index (κ1) is 20.2. The van der Waals surface area contributed by atoms with Gasteiger partial charge in [0.25, 0.3) is 0 Å². The lowest BCUT2D eigenvalue weighted by molar-refractivity contribution is 0.0526. The van der Waals surface area contributed by atoms with E-state index in [1.54, 1.807) is 45.2 Å². The predicted molar refractivity (Wildman–Crippen MR) is 104 cm³/mol. The van der Waals surface area contributed by atoms with Crippen LogP contribution in [0.1, 0.15) is 23.0 Å². The molecule has 0 atom stereocenters. The van der Waals surface area contributed by atoms with Gasteiger partial charge in [0.1, 0.15) is 28.8 Å². The molecule has 0 radical (unpaired) electrons. The summed E-state index contributed by atoms with van der Waals surface area (Å²) in [5, 5.41) is 3.00. The van der Waals surface area contributed by atoms with E-state index in [4.69, 9.17) is 9.47 Å². The van der Waals surface area contributed by atoms with Crippen LogP contribution in [0, 0.1) is 18.6 Å². The molecule has 0 aliphatic heterocycles. The lowest BCUT2D eigenvalue weighted by Gasteiger charge is -2.15. The average Bonchev–Trinajstić information content (AvgIpc) is 2.68. The van der Waals surface area contributed by atoms with Crippen LogP contribution in [0.15, 0.2) is 42.5 Å². The van der Waals surface area contributed by atoms with Crippen molar-refractivity contribution in [1.82, 2.24) is 9.97 Å². The van der Waals surface area contributed by atoms with E-state index in [1.807, 2.05) is 0 Å². The van der Waals surface area contributed by atoms with Gasteiger partial charge < -0.3 is 14.8 Å². The highest BCUT2D eigenvalue weighted by Gasteiger charge is 2.23. The predicted octanol–water partition coefficient (Wildman–Crippen LogP) is 4.66. The summed E-state index contributed by atoms with van der Waals surface area (Å²) in [5.41, 5.74) is 0.536. The van der Waals surface area contributed by atoms with E-state index >= 15 is 0 Å². The van der Waals surface area contributed by atoms with E-state index in [2.05, 4.69) is 15.3 Å². The van der Waals surface area contributed by atoms with Crippen LogP contribution in [0.3, 0.4) is 0 Å². The normalized spacial score (nSPS) is 10.5. The minimum Gasteiger partial charge on any atom is -0.497 e. The van der Waals surface area contributed by atoms with Crippen molar-refractivity contribution in [2.45, 2.75) is 13.8 Å². The van der Waals surface area contributed by atoms with Crippen LogP contribution in [-0.4, -0.2) is 29.7 Å². The number of nitrogens with one attached hydrogen (secondary N) is 1. The van der Waals surface area contributed by atoms with Crippen LogP contribution in [0.2, 0.25) is 0 Å². The van der Waals surface area contributed by atoms with Crippen molar-refractivity contribution in [1.29, 1.82) is 0 Å². The molecule has 2 aromatic carbocycles. The van der Waals surface area contributed by atoms with E-state index in [1.165, 1.54) is 6.07 Å². The number of hydrogen-bond donors (Lipinski definition) is 1. The number of ether oxygens (including phenoxy) is 2. The van der Waals surface area contributed by atoms with Gasteiger partial charge in [-0.15, -0.1) is 0 Å². The highest BCUT2D eigenvalue weighted by Crippen LogP contribution is 2.29. The molecule has 1 aromatic heterocycles. The molecule has 0 saturated heterocycles. The topological polar surface area (TPSA) is 73.3 Å². The molecule has 29 heavy (non-hydrogen) atoms. The molecule has 0 bridgehead atoms. The number of methoxy groups -OCH3 is 1. The van der Waals surface area contributed by atoms with Gasteiger partial charge in [0.15, 0.2) is 5.82 Å². The first-order valence-corrected chi connectivity index (χ1v) is 8.85. The molecule has 3 rings (SSSR count). The Morgan fingerprint density at radius 2 is 1.72 bits per heavy atom. The molecule has 0 aliphatic carbocycles. The van der Waals surface area contributed by atoms with E-state index in [0.29, 0.717) is 11.4 Å². The molecule has 6 nitrogen and oxygen atoms in total. The number of esters is 1. The summed E-state index contributed by atoms with van der Waals surface area (Å²) in [6.45, 7) is 3.38. The van der Waals surface area contributed by atoms with Crippen molar-refractivity contribution in [3.63, 3.8) is 0 Å². The van der Waals surface area contributed by atoms with Crippen LogP contribution in [0.4, 0.5) is 20.3 Å². The van der Waals surface area contributed by atoms with Crippen molar-refractivity contribution in [2.75, 3.05) is 19.0 Å². The summed E-state index contributed by atoms with van der Waals surface area (Å²) in [6.07, 6.45) is 0. The third-order valence-corrected chi connectivity index (χ3v) is 4.11. The first-order chi connectivity index (χ1) is 13.9. The monoisotopic (exact) mass is 399 g/mol. The van der Waals surface area contributed by atoms with Crippen LogP contribution in [0.25, 0.3) is 11.4 Å². The molecule has 1 N–H and O–H groups in total. The van der Waals surface area contributed by atoms with Gasteiger partial charge in [0.05, 0.1) is 25.0 Å². The number of carbonyl (C=O) groups is 1. The summed E-state index contributed by atoms with van der Waals surface area (Å²) in [4.78, 5) is 20.8. The lowest BCUT2D eigenvalue weighted by Crippen LogP contribution is -2.14. The molecule has 0 spiro atoms. The highest BCUT2D eigenvalue weighted by molar-refractivity contribution is 5.97. The Morgan fingerprint density at radius 3 is 2.31 bits per heavy atom. The molecule has 8 heteroatoms. The quantitative estimate of drug-likeness (QED) is 0.608. The Bertz CT molecular complexity index is 1020. The maximum atomic E-state index is 14.2. The van der Waals surface area contributed by atoms with Crippen LogP contribution in [-0.2, 0) is 4.74 Å². The van der Waals surface area contributed by atoms with Crippen molar-refractivity contribution in [3.05, 3.63) is 65.4 Å². The van der Waals surface area contributed by atoms with Gasteiger partial charge in [0.2, 0.25) is 0 Å². The molecule has 0 amide bonds.